The predicted molar refractivity (Wildman–Crippen MR) is 66.1 cm³/mol. The minimum atomic E-state index is -0.285. The Labute approximate surface area is 102 Å². The summed E-state index contributed by atoms with van der Waals surface area (Å²) in [6, 6.07) is 3.21. The van der Waals surface area contributed by atoms with Crippen LogP contribution >= 0.6 is 11.6 Å². The number of halogens is 2. The number of aryl methyl sites for hydroxylation is 1. The molecule has 1 aliphatic rings. The predicted octanol–water partition coefficient (Wildman–Crippen LogP) is 2.89. The maximum Gasteiger partial charge on any atom is 0.251 e. The molecular weight excluding hydrogens is 241 g/mol. The van der Waals surface area contributed by atoms with Crippen LogP contribution in [-0.4, -0.2) is 4.98 Å². The van der Waals surface area contributed by atoms with Gasteiger partial charge in [-0.1, -0.05) is 0 Å². The zero-order valence-electron chi connectivity index (χ0n) is 9.15. The zero-order valence-corrected chi connectivity index (χ0v) is 9.90. The highest BCUT2D eigenvalue weighted by molar-refractivity contribution is 6.17. The minimum absolute atomic E-state index is 0.0869. The van der Waals surface area contributed by atoms with Gasteiger partial charge in [-0.15, -0.1) is 11.6 Å². The normalized spacial score (nSPS) is 14.2. The fourth-order valence-electron chi connectivity index (χ4n) is 2.61. The summed E-state index contributed by atoms with van der Waals surface area (Å²) in [6.45, 7) is 0. The first-order valence-electron chi connectivity index (χ1n) is 5.63. The van der Waals surface area contributed by atoms with E-state index in [2.05, 4.69) is 4.98 Å². The summed E-state index contributed by atoms with van der Waals surface area (Å²) in [5.74, 6) is -0.0426. The van der Waals surface area contributed by atoms with Crippen molar-refractivity contribution in [2.75, 3.05) is 0 Å². The van der Waals surface area contributed by atoms with Crippen molar-refractivity contribution in [3.05, 3.63) is 45.0 Å². The number of benzene rings is 1. The van der Waals surface area contributed by atoms with E-state index in [0.717, 1.165) is 30.4 Å². The second kappa shape index (κ2) is 3.84. The number of H-pyrrole nitrogens is 1. The van der Waals surface area contributed by atoms with Gasteiger partial charge >= 0.3 is 0 Å². The van der Waals surface area contributed by atoms with Gasteiger partial charge in [-0.2, -0.15) is 0 Å². The summed E-state index contributed by atoms with van der Waals surface area (Å²) in [5, 5.41) is 0.561. The van der Waals surface area contributed by atoms with Crippen LogP contribution in [0, 0.1) is 5.82 Å². The fourth-order valence-corrected chi connectivity index (χ4v) is 2.77. The van der Waals surface area contributed by atoms with Crippen LogP contribution < -0.4 is 5.56 Å². The van der Waals surface area contributed by atoms with E-state index < -0.39 is 0 Å². The number of pyridine rings is 1. The van der Waals surface area contributed by atoms with Crippen molar-refractivity contribution in [3.63, 3.8) is 0 Å². The molecule has 1 aromatic carbocycles. The molecule has 0 saturated carbocycles. The maximum atomic E-state index is 14.0. The lowest BCUT2D eigenvalue weighted by atomic mass is 10.0. The molecule has 0 saturated heterocycles. The number of aromatic nitrogens is 1. The number of hydrogen-bond donors (Lipinski definition) is 1. The Morgan fingerprint density at radius 2 is 2.06 bits per heavy atom. The Balaban J connectivity index is 2.45. The molecule has 88 valence electrons. The van der Waals surface area contributed by atoms with Crippen LogP contribution in [0.1, 0.15) is 23.1 Å². The van der Waals surface area contributed by atoms with Gasteiger partial charge in [0.15, 0.2) is 0 Å². The molecule has 4 heteroatoms. The van der Waals surface area contributed by atoms with E-state index in [9.17, 15) is 9.18 Å². The van der Waals surface area contributed by atoms with Crippen molar-refractivity contribution >= 4 is 22.5 Å². The van der Waals surface area contributed by atoms with Gasteiger partial charge in [0, 0.05) is 16.8 Å². The van der Waals surface area contributed by atoms with Gasteiger partial charge in [-0.25, -0.2) is 4.39 Å². The van der Waals surface area contributed by atoms with Crippen LogP contribution in [0.3, 0.4) is 0 Å². The molecule has 17 heavy (non-hydrogen) atoms. The second-order valence-corrected chi connectivity index (χ2v) is 4.67. The summed E-state index contributed by atoms with van der Waals surface area (Å²) >= 11 is 5.70. The van der Waals surface area contributed by atoms with Crippen molar-refractivity contribution < 1.29 is 4.39 Å². The number of fused-ring (bicyclic) bond motifs is 3. The Morgan fingerprint density at radius 3 is 2.82 bits per heavy atom. The zero-order chi connectivity index (χ0) is 12.0. The third kappa shape index (κ3) is 1.57. The number of aromatic amines is 1. The third-order valence-electron chi connectivity index (χ3n) is 3.35. The first kappa shape index (κ1) is 10.8. The van der Waals surface area contributed by atoms with Crippen molar-refractivity contribution in [2.24, 2.45) is 0 Å². The molecule has 1 N–H and O–H groups in total. The lowest BCUT2D eigenvalue weighted by Crippen LogP contribution is -2.13. The van der Waals surface area contributed by atoms with E-state index in [4.69, 9.17) is 11.6 Å². The molecule has 0 bridgehead atoms. The molecule has 0 amide bonds. The molecule has 0 unspecified atom stereocenters. The van der Waals surface area contributed by atoms with Gasteiger partial charge in [-0.3, -0.25) is 4.79 Å². The number of hydrogen-bond acceptors (Lipinski definition) is 1. The Morgan fingerprint density at radius 1 is 1.29 bits per heavy atom. The number of rotatable bonds is 1. The quantitative estimate of drug-likeness (QED) is 0.777. The Bertz CT molecular complexity index is 662. The van der Waals surface area contributed by atoms with Gasteiger partial charge in [-0.05, 0) is 42.5 Å². The van der Waals surface area contributed by atoms with Gasteiger partial charge in [0.05, 0.1) is 5.52 Å². The molecule has 0 aliphatic heterocycles. The van der Waals surface area contributed by atoms with Crippen LogP contribution in [0.25, 0.3) is 10.9 Å². The van der Waals surface area contributed by atoms with E-state index in [1.165, 1.54) is 6.07 Å². The lowest BCUT2D eigenvalue weighted by molar-refractivity contribution is 0.637. The van der Waals surface area contributed by atoms with Crippen LogP contribution in [0.2, 0.25) is 0 Å². The molecule has 0 atom stereocenters. The molecule has 1 heterocycles. The van der Waals surface area contributed by atoms with E-state index in [-0.39, 0.29) is 17.3 Å². The second-order valence-electron chi connectivity index (χ2n) is 4.40. The van der Waals surface area contributed by atoms with Crippen LogP contribution in [-0.2, 0) is 18.7 Å². The minimum Gasteiger partial charge on any atom is -0.322 e. The molecular formula is C13H11ClFNO. The van der Waals surface area contributed by atoms with Crippen molar-refractivity contribution in [3.8, 4) is 0 Å². The summed E-state index contributed by atoms with van der Waals surface area (Å²) in [7, 11) is 0. The number of nitrogens with one attached hydrogen (secondary N) is 1. The molecule has 0 spiro atoms. The standard InChI is InChI=1S/C13H11ClFNO/c14-6-7-4-10(15)12-8-2-1-3-9(8)13(17)16-11(12)5-7/h4-5H,1-3,6H2,(H,16,17). The molecule has 2 nitrogen and oxygen atoms in total. The van der Waals surface area contributed by atoms with Crippen molar-refractivity contribution in [1.82, 2.24) is 4.98 Å². The van der Waals surface area contributed by atoms with E-state index in [1.54, 1.807) is 6.07 Å². The van der Waals surface area contributed by atoms with Gasteiger partial charge in [0.1, 0.15) is 5.82 Å². The summed E-state index contributed by atoms with van der Waals surface area (Å²) in [5.41, 5.74) is 2.78. The average Bonchev–Trinajstić information content (AvgIpc) is 2.77. The monoisotopic (exact) mass is 251 g/mol. The van der Waals surface area contributed by atoms with Crippen LogP contribution in [0.15, 0.2) is 16.9 Å². The van der Waals surface area contributed by atoms with Gasteiger partial charge in [0.25, 0.3) is 5.56 Å². The molecule has 0 fully saturated rings. The molecule has 0 radical (unpaired) electrons. The highest BCUT2D eigenvalue weighted by atomic mass is 35.5. The average molecular weight is 252 g/mol. The third-order valence-corrected chi connectivity index (χ3v) is 3.65. The highest BCUT2D eigenvalue weighted by Gasteiger charge is 2.20. The molecule has 3 rings (SSSR count). The SMILES string of the molecule is O=c1[nH]c2cc(CCl)cc(F)c2c2c1CCC2. The molecule has 2 aromatic rings. The Hall–Kier alpha value is -1.35. The summed E-state index contributed by atoms with van der Waals surface area (Å²) < 4.78 is 14.0. The Kier molecular flexibility index (Phi) is 2.44. The summed E-state index contributed by atoms with van der Waals surface area (Å²) in [4.78, 5) is 14.6. The van der Waals surface area contributed by atoms with E-state index >= 15 is 0 Å². The lowest BCUT2D eigenvalue weighted by Gasteiger charge is -2.07. The van der Waals surface area contributed by atoms with Gasteiger partial charge < -0.3 is 4.98 Å². The van der Waals surface area contributed by atoms with E-state index in [1.807, 2.05) is 0 Å². The summed E-state index contributed by atoms with van der Waals surface area (Å²) in [6.07, 6.45) is 2.46. The van der Waals surface area contributed by atoms with Crippen LogP contribution in [0.4, 0.5) is 4.39 Å². The first-order valence-corrected chi connectivity index (χ1v) is 6.16. The first-order chi connectivity index (χ1) is 8.20. The topological polar surface area (TPSA) is 32.9 Å². The largest absolute Gasteiger partial charge is 0.322 e. The molecule has 1 aromatic heterocycles. The van der Waals surface area contributed by atoms with Crippen molar-refractivity contribution in [1.29, 1.82) is 0 Å². The smallest absolute Gasteiger partial charge is 0.251 e. The maximum absolute atomic E-state index is 14.0. The number of alkyl halides is 1. The van der Waals surface area contributed by atoms with E-state index in [0.29, 0.717) is 16.5 Å². The highest BCUT2D eigenvalue weighted by Crippen LogP contribution is 2.29. The fraction of sp³-hybridized carbons (Fsp3) is 0.308. The van der Waals surface area contributed by atoms with Crippen LogP contribution in [0.5, 0.6) is 0 Å². The molecule has 1 aliphatic carbocycles. The van der Waals surface area contributed by atoms with Gasteiger partial charge in [0.2, 0.25) is 0 Å². The van der Waals surface area contributed by atoms with Crippen molar-refractivity contribution in [2.45, 2.75) is 25.1 Å².